The zero-order valence-corrected chi connectivity index (χ0v) is 5.16. The van der Waals surface area contributed by atoms with Gasteiger partial charge >= 0.3 is 5.97 Å². The first-order valence-electron chi connectivity index (χ1n) is 2.59. The van der Waals surface area contributed by atoms with Gasteiger partial charge in [-0.05, 0) is 6.92 Å². The van der Waals surface area contributed by atoms with Crippen molar-refractivity contribution in [1.82, 2.24) is 5.32 Å². The largest absolute Gasteiger partial charge is 0.480 e. The minimum Gasteiger partial charge on any atom is -0.480 e. The van der Waals surface area contributed by atoms with Crippen LogP contribution in [0.2, 0.25) is 0 Å². The molecule has 1 unspecified atom stereocenters. The third-order valence-corrected chi connectivity index (χ3v) is 0.612. The zero-order valence-electron chi connectivity index (χ0n) is 5.16. The molecular formula is C5H10NO3. The molecule has 1 atom stereocenters. The highest BCUT2D eigenvalue weighted by atomic mass is 16.4. The summed E-state index contributed by atoms with van der Waals surface area (Å²) in [7, 11) is 0. The van der Waals surface area contributed by atoms with Crippen molar-refractivity contribution in [2.45, 2.75) is 13.0 Å². The highest BCUT2D eigenvalue weighted by Gasteiger charge is 1.97. The van der Waals surface area contributed by atoms with E-state index >= 15 is 0 Å². The maximum absolute atomic E-state index is 9.82. The average Bonchev–Trinajstić information content (AvgIpc) is 1.63. The van der Waals surface area contributed by atoms with Crippen LogP contribution in [0.3, 0.4) is 0 Å². The van der Waals surface area contributed by atoms with Crippen LogP contribution in [0.15, 0.2) is 0 Å². The van der Waals surface area contributed by atoms with Crippen molar-refractivity contribution in [3.8, 4) is 0 Å². The number of aliphatic hydroxyl groups excluding tert-OH is 1. The van der Waals surface area contributed by atoms with Crippen molar-refractivity contribution in [3.05, 3.63) is 6.54 Å². The Morgan fingerprint density at radius 2 is 2.44 bits per heavy atom. The Balaban J connectivity index is 3.01. The second kappa shape index (κ2) is 4.29. The topological polar surface area (TPSA) is 69.6 Å². The van der Waals surface area contributed by atoms with Crippen LogP contribution in [0, 0.1) is 6.54 Å². The van der Waals surface area contributed by atoms with E-state index < -0.39 is 12.1 Å². The lowest BCUT2D eigenvalue weighted by atomic mass is 10.4. The number of carboxylic acids is 1. The average molecular weight is 132 g/mol. The number of aliphatic carboxylic acids is 1. The van der Waals surface area contributed by atoms with E-state index in [4.69, 9.17) is 10.2 Å². The van der Waals surface area contributed by atoms with Gasteiger partial charge in [0.05, 0.1) is 19.2 Å². The van der Waals surface area contributed by atoms with Crippen LogP contribution in [0.4, 0.5) is 0 Å². The van der Waals surface area contributed by atoms with Gasteiger partial charge in [-0.15, -0.1) is 0 Å². The Labute approximate surface area is 53.5 Å². The Morgan fingerprint density at radius 1 is 1.89 bits per heavy atom. The molecule has 53 valence electrons. The minimum atomic E-state index is -0.938. The molecule has 0 aliphatic rings. The second-order valence-corrected chi connectivity index (χ2v) is 1.68. The van der Waals surface area contributed by atoms with Crippen molar-refractivity contribution in [2.24, 2.45) is 0 Å². The standard InChI is InChI=1S/C5H10NO3/c1-4(7)2-6-3-5(8)9/h2,4,6-7H,3H2,1H3,(H,8,9). The molecule has 4 nitrogen and oxygen atoms in total. The lowest BCUT2D eigenvalue weighted by Gasteiger charge is -2.01. The molecule has 0 aromatic rings. The first-order valence-corrected chi connectivity index (χ1v) is 2.59. The molecule has 0 fully saturated rings. The van der Waals surface area contributed by atoms with Gasteiger partial charge in [0.2, 0.25) is 0 Å². The van der Waals surface area contributed by atoms with Crippen LogP contribution in [0.5, 0.6) is 0 Å². The highest BCUT2D eigenvalue weighted by molar-refractivity contribution is 5.69. The van der Waals surface area contributed by atoms with E-state index in [1.54, 1.807) is 0 Å². The summed E-state index contributed by atoms with van der Waals surface area (Å²) in [5.74, 6) is -0.938. The van der Waals surface area contributed by atoms with Crippen molar-refractivity contribution < 1.29 is 15.0 Å². The van der Waals surface area contributed by atoms with Gasteiger partial charge in [-0.25, -0.2) is 0 Å². The van der Waals surface area contributed by atoms with Gasteiger partial charge in [0, 0.05) is 0 Å². The van der Waals surface area contributed by atoms with Crippen LogP contribution < -0.4 is 5.32 Å². The van der Waals surface area contributed by atoms with E-state index in [0.29, 0.717) is 0 Å². The molecule has 0 spiro atoms. The zero-order chi connectivity index (χ0) is 7.28. The lowest BCUT2D eigenvalue weighted by molar-refractivity contribution is -0.135. The first kappa shape index (κ1) is 8.39. The number of carboxylic acid groups (broad SMARTS) is 1. The fourth-order valence-electron chi connectivity index (χ4n) is 0.317. The predicted octanol–water partition coefficient (Wildman–Crippen LogP) is -0.797. The van der Waals surface area contributed by atoms with Crippen LogP contribution in [0.1, 0.15) is 6.92 Å². The normalized spacial score (nSPS) is 13.1. The van der Waals surface area contributed by atoms with Gasteiger partial charge < -0.3 is 15.5 Å². The van der Waals surface area contributed by atoms with E-state index in [-0.39, 0.29) is 6.54 Å². The number of hydrogen-bond donors (Lipinski definition) is 3. The molecule has 1 radical (unpaired) electrons. The van der Waals surface area contributed by atoms with Gasteiger partial charge in [0.15, 0.2) is 0 Å². The molecule has 0 amide bonds. The van der Waals surface area contributed by atoms with E-state index in [9.17, 15) is 4.79 Å². The molecule has 0 aliphatic heterocycles. The van der Waals surface area contributed by atoms with Crippen molar-refractivity contribution >= 4 is 5.97 Å². The molecule has 0 saturated carbocycles. The number of rotatable bonds is 4. The lowest BCUT2D eigenvalue weighted by Crippen LogP contribution is -2.24. The minimum absolute atomic E-state index is 0.148. The maximum Gasteiger partial charge on any atom is 0.317 e. The van der Waals surface area contributed by atoms with E-state index in [0.717, 1.165) is 0 Å². The van der Waals surface area contributed by atoms with Crippen molar-refractivity contribution in [3.63, 3.8) is 0 Å². The Kier molecular flexibility index (Phi) is 4.00. The first-order chi connectivity index (χ1) is 4.13. The highest BCUT2D eigenvalue weighted by Crippen LogP contribution is 1.79. The van der Waals surface area contributed by atoms with Crippen LogP contribution in [-0.2, 0) is 4.79 Å². The quantitative estimate of drug-likeness (QED) is 0.468. The van der Waals surface area contributed by atoms with Crippen molar-refractivity contribution in [1.29, 1.82) is 0 Å². The van der Waals surface area contributed by atoms with Crippen molar-refractivity contribution in [2.75, 3.05) is 6.54 Å². The monoisotopic (exact) mass is 132 g/mol. The SMILES string of the molecule is CC(O)[CH]NCC(=O)O. The molecule has 0 aliphatic carbocycles. The molecule has 0 aromatic carbocycles. The van der Waals surface area contributed by atoms with Crippen LogP contribution >= 0.6 is 0 Å². The summed E-state index contributed by atoms with van der Waals surface area (Å²) in [6, 6.07) is 0. The van der Waals surface area contributed by atoms with Crippen LogP contribution in [-0.4, -0.2) is 28.8 Å². The molecule has 0 aromatic heterocycles. The van der Waals surface area contributed by atoms with E-state index in [2.05, 4.69) is 5.32 Å². The smallest absolute Gasteiger partial charge is 0.317 e. The van der Waals surface area contributed by atoms with Gasteiger partial charge in [-0.3, -0.25) is 4.79 Å². The van der Waals surface area contributed by atoms with Gasteiger partial charge in [-0.2, -0.15) is 0 Å². The summed E-state index contributed by atoms with van der Waals surface area (Å²) in [5, 5.41) is 19.0. The third-order valence-electron chi connectivity index (χ3n) is 0.612. The summed E-state index contributed by atoms with van der Waals surface area (Å²) in [5.41, 5.74) is 0. The molecule has 0 saturated heterocycles. The summed E-state index contributed by atoms with van der Waals surface area (Å²) in [6.07, 6.45) is -0.607. The Morgan fingerprint density at radius 3 is 2.78 bits per heavy atom. The summed E-state index contributed by atoms with van der Waals surface area (Å²) in [4.78, 5) is 9.82. The summed E-state index contributed by atoms with van der Waals surface area (Å²) >= 11 is 0. The molecule has 0 rings (SSSR count). The predicted molar refractivity (Wildman–Crippen MR) is 31.6 cm³/mol. The molecule has 3 N–H and O–H groups in total. The summed E-state index contributed by atoms with van der Waals surface area (Å²) in [6.45, 7) is 2.70. The molecule has 9 heavy (non-hydrogen) atoms. The van der Waals surface area contributed by atoms with Gasteiger partial charge in [0.1, 0.15) is 0 Å². The maximum atomic E-state index is 9.82. The Hall–Kier alpha value is -0.610. The number of carbonyl (C=O) groups is 1. The van der Waals surface area contributed by atoms with E-state index in [1.165, 1.54) is 13.5 Å². The number of hydrogen-bond acceptors (Lipinski definition) is 3. The second-order valence-electron chi connectivity index (χ2n) is 1.68. The summed E-state index contributed by atoms with van der Waals surface area (Å²) < 4.78 is 0. The third kappa shape index (κ3) is 7.39. The van der Waals surface area contributed by atoms with E-state index in [1.807, 2.05) is 0 Å². The molecule has 0 heterocycles. The van der Waals surface area contributed by atoms with Gasteiger partial charge in [-0.1, -0.05) is 0 Å². The fraction of sp³-hybridized carbons (Fsp3) is 0.600. The molecule has 0 bridgehead atoms. The molecular weight excluding hydrogens is 122 g/mol. The van der Waals surface area contributed by atoms with Crippen LogP contribution in [0.25, 0.3) is 0 Å². The molecule has 4 heteroatoms. The number of nitrogens with one attached hydrogen (secondary N) is 1. The Bertz CT molecular complexity index is 92.2. The number of aliphatic hydroxyl groups is 1. The fourth-order valence-corrected chi connectivity index (χ4v) is 0.317. The van der Waals surface area contributed by atoms with Gasteiger partial charge in [0.25, 0.3) is 0 Å².